The number of hydrogen-bond donors (Lipinski definition) is 1. The highest BCUT2D eigenvalue weighted by atomic mass is 79.9. The second-order valence-electron chi connectivity index (χ2n) is 5.04. The van der Waals surface area contributed by atoms with Gasteiger partial charge in [0.1, 0.15) is 0 Å². The van der Waals surface area contributed by atoms with E-state index in [1.54, 1.807) is 4.90 Å². The molecule has 1 aliphatic heterocycles. The van der Waals surface area contributed by atoms with E-state index in [0.29, 0.717) is 13.1 Å². The number of likely N-dealkylation sites (N-methyl/N-ethyl adjacent to an activating group) is 1. The molecule has 0 bridgehead atoms. The molecule has 9 heteroatoms. The number of carbonyl (C=O) groups excluding carboxylic acids is 2. The molecule has 0 atom stereocenters. The summed E-state index contributed by atoms with van der Waals surface area (Å²) >= 11 is 3.04. The molecule has 1 saturated heterocycles. The van der Waals surface area contributed by atoms with Crippen LogP contribution in [-0.4, -0.2) is 61.4 Å². The lowest BCUT2D eigenvalue weighted by atomic mass is 10.2. The number of rotatable bonds is 3. The topological polar surface area (TPSA) is 52.7 Å². The number of nitrogens with zero attached hydrogens (tertiary/aromatic N) is 2. The highest BCUT2D eigenvalue weighted by Gasteiger charge is 2.23. The molecular formula is C14H17BrClF2N3O2. The molecule has 0 aromatic heterocycles. The van der Waals surface area contributed by atoms with Crippen LogP contribution in [0.2, 0.25) is 0 Å². The van der Waals surface area contributed by atoms with E-state index in [-0.39, 0.29) is 34.9 Å². The highest BCUT2D eigenvalue weighted by Crippen LogP contribution is 2.21. The predicted molar refractivity (Wildman–Crippen MR) is 87.7 cm³/mol. The second-order valence-corrected chi connectivity index (χ2v) is 5.89. The van der Waals surface area contributed by atoms with Gasteiger partial charge in [0.05, 0.1) is 12.1 Å². The standard InChI is InChI=1S/C14H16BrF2N3O2.ClH/c1-19(8-13(21)20-4-2-18-3-5-20)14(22)9-6-11(16)12(17)7-10(9)15;/h6-7,18H,2-5,8H2,1H3;1H. The second kappa shape index (κ2) is 8.56. The normalized spacial score (nSPS) is 14.2. The first kappa shape index (κ1) is 19.8. The number of piperazine rings is 1. The van der Waals surface area contributed by atoms with E-state index in [2.05, 4.69) is 21.2 Å². The SMILES string of the molecule is CN(CC(=O)N1CCNCC1)C(=O)c1cc(F)c(F)cc1Br.Cl. The van der Waals surface area contributed by atoms with Crippen LogP contribution in [0.3, 0.4) is 0 Å². The maximum absolute atomic E-state index is 13.3. The lowest BCUT2D eigenvalue weighted by molar-refractivity contribution is -0.132. The van der Waals surface area contributed by atoms with Gasteiger partial charge in [0.2, 0.25) is 5.91 Å². The van der Waals surface area contributed by atoms with Crippen LogP contribution in [0.5, 0.6) is 0 Å². The molecule has 2 amide bonds. The Morgan fingerprint density at radius 3 is 2.43 bits per heavy atom. The van der Waals surface area contributed by atoms with Gasteiger partial charge < -0.3 is 15.1 Å². The Morgan fingerprint density at radius 1 is 1.26 bits per heavy atom. The van der Waals surface area contributed by atoms with Crippen molar-refractivity contribution >= 4 is 40.2 Å². The van der Waals surface area contributed by atoms with Crippen LogP contribution in [0.1, 0.15) is 10.4 Å². The van der Waals surface area contributed by atoms with E-state index in [9.17, 15) is 18.4 Å². The Morgan fingerprint density at radius 2 is 1.83 bits per heavy atom. The van der Waals surface area contributed by atoms with Crippen LogP contribution in [0.4, 0.5) is 8.78 Å². The lowest BCUT2D eigenvalue weighted by Crippen LogP contribution is -2.49. The molecular weight excluding hydrogens is 396 g/mol. The Bertz CT molecular complexity index is 598. The Balaban J connectivity index is 0.00000264. The summed E-state index contributed by atoms with van der Waals surface area (Å²) in [5, 5.41) is 3.13. The summed E-state index contributed by atoms with van der Waals surface area (Å²) in [5.41, 5.74) is -0.0190. The maximum Gasteiger partial charge on any atom is 0.255 e. The van der Waals surface area contributed by atoms with Crippen molar-refractivity contribution in [3.63, 3.8) is 0 Å². The number of amides is 2. The lowest BCUT2D eigenvalue weighted by Gasteiger charge is -2.29. The third-order valence-corrected chi connectivity index (χ3v) is 4.09. The summed E-state index contributed by atoms with van der Waals surface area (Å²) in [6, 6.07) is 1.72. The molecule has 1 aromatic carbocycles. The Kier molecular flexibility index (Phi) is 7.37. The van der Waals surface area contributed by atoms with Crippen LogP contribution < -0.4 is 5.32 Å². The van der Waals surface area contributed by atoms with Gasteiger partial charge in [-0.25, -0.2) is 8.78 Å². The van der Waals surface area contributed by atoms with Gasteiger partial charge in [-0.1, -0.05) is 0 Å². The van der Waals surface area contributed by atoms with Crippen LogP contribution in [0, 0.1) is 11.6 Å². The van der Waals surface area contributed by atoms with Crippen molar-refractivity contribution in [1.29, 1.82) is 0 Å². The van der Waals surface area contributed by atoms with Gasteiger partial charge in [-0.15, -0.1) is 12.4 Å². The average Bonchev–Trinajstić information content (AvgIpc) is 2.51. The van der Waals surface area contributed by atoms with E-state index in [1.165, 1.54) is 11.9 Å². The first-order valence-corrected chi connectivity index (χ1v) is 7.58. The van der Waals surface area contributed by atoms with Crippen molar-refractivity contribution in [2.75, 3.05) is 39.8 Å². The molecule has 0 unspecified atom stereocenters. The summed E-state index contributed by atoms with van der Waals surface area (Å²) in [6.07, 6.45) is 0. The molecule has 2 rings (SSSR count). The molecule has 1 heterocycles. The monoisotopic (exact) mass is 411 g/mol. The minimum absolute atomic E-state index is 0. The molecule has 128 valence electrons. The fraction of sp³-hybridized carbons (Fsp3) is 0.429. The molecule has 0 radical (unpaired) electrons. The van der Waals surface area contributed by atoms with E-state index >= 15 is 0 Å². The van der Waals surface area contributed by atoms with Crippen LogP contribution in [0.15, 0.2) is 16.6 Å². The quantitative estimate of drug-likeness (QED) is 0.768. The Hall–Kier alpha value is -1.25. The van der Waals surface area contributed by atoms with Gasteiger partial charge in [0.25, 0.3) is 5.91 Å². The molecule has 5 nitrogen and oxygen atoms in total. The van der Waals surface area contributed by atoms with Gasteiger partial charge in [0.15, 0.2) is 11.6 Å². The van der Waals surface area contributed by atoms with E-state index in [4.69, 9.17) is 0 Å². The number of nitrogens with one attached hydrogen (secondary N) is 1. The fourth-order valence-corrected chi connectivity index (χ4v) is 2.67. The fourth-order valence-electron chi connectivity index (χ4n) is 2.18. The highest BCUT2D eigenvalue weighted by molar-refractivity contribution is 9.10. The average molecular weight is 413 g/mol. The van der Waals surface area contributed by atoms with Gasteiger partial charge in [-0.3, -0.25) is 9.59 Å². The minimum Gasteiger partial charge on any atom is -0.339 e. The van der Waals surface area contributed by atoms with Crippen molar-refractivity contribution < 1.29 is 18.4 Å². The summed E-state index contributed by atoms with van der Waals surface area (Å²) in [6.45, 7) is 2.52. The summed E-state index contributed by atoms with van der Waals surface area (Å²) in [4.78, 5) is 27.2. The van der Waals surface area contributed by atoms with Crippen LogP contribution in [-0.2, 0) is 4.79 Å². The zero-order valence-corrected chi connectivity index (χ0v) is 14.8. The molecule has 0 aliphatic carbocycles. The first-order chi connectivity index (χ1) is 10.4. The van der Waals surface area contributed by atoms with E-state index in [1.807, 2.05) is 0 Å². The van der Waals surface area contributed by atoms with E-state index in [0.717, 1.165) is 25.2 Å². The smallest absolute Gasteiger partial charge is 0.255 e. The van der Waals surface area contributed by atoms with Gasteiger partial charge in [0, 0.05) is 37.7 Å². The van der Waals surface area contributed by atoms with Crippen molar-refractivity contribution in [2.45, 2.75) is 0 Å². The van der Waals surface area contributed by atoms with Crippen molar-refractivity contribution in [3.8, 4) is 0 Å². The van der Waals surface area contributed by atoms with Crippen LogP contribution in [0.25, 0.3) is 0 Å². The molecule has 1 fully saturated rings. The van der Waals surface area contributed by atoms with Crippen LogP contribution >= 0.6 is 28.3 Å². The number of halogens is 4. The molecule has 23 heavy (non-hydrogen) atoms. The van der Waals surface area contributed by atoms with Crippen molar-refractivity contribution in [1.82, 2.24) is 15.1 Å². The first-order valence-electron chi connectivity index (χ1n) is 6.78. The van der Waals surface area contributed by atoms with E-state index < -0.39 is 17.5 Å². The zero-order valence-electron chi connectivity index (χ0n) is 12.4. The molecule has 1 N–H and O–H groups in total. The molecule has 0 saturated carbocycles. The predicted octanol–water partition coefficient (Wildman–Crippen LogP) is 1.65. The Labute approximate surface area is 147 Å². The molecule has 0 spiro atoms. The van der Waals surface area contributed by atoms with Gasteiger partial charge in [-0.05, 0) is 28.1 Å². The van der Waals surface area contributed by atoms with Crippen molar-refractivity contribution in [3.05, 3.63) is 33.8 Å². The largest absolute Gasteiger partial charge is 0.339 e. The third kappa shape index (κ3) is 4.86. The summed E-state index contributed by atoms with van der Waals surface area (Å²) in [5.74, 6) is -2.86. The van der Waals surface area contributed by atoms with Gasteiger partial charge >= 0.3 is 0 Å². The van der Waals surface area contributed by atoms with Gasteiger partial charge in [-0.2, -0.15) is 0 Å². The molecule has 1 aliphatic rings. The summed E-state index contributed by atoms with van der Waals surface area (Å²) in [7, 11) is 1.45. The number of carbonyl (C=O) groups is 2. The minimum atomic E-state index is -1.10. The maximum atomic E-state index is 13.3. The van der Waals surface area contributed by atoms with Crippen molar-refractivity contribution in [2.24, 2.45) is 0 Å². The third-order valence-electron chi connectivity index (χ3n) is 3.43. The molecule has 1 aromatic rings. The zero-order chi connectivity index (χ0) is 16.3. The summed E-state index contributed by atoms with van der Waals surface area (Å²) < 4.78 is 26.5. The number of hydrogen-bond acceptors (Lipinski definition) is 3. The number of benzene rings is 1.